The maximum atomic E-state index is 15.8. The summed E-state index contributed by atoms with van der Waals surface area (Å²) in [6, 6.07) is 9.31. The molecule has 8 heteroatoms. The van der Waals surface area contributed by atoms with E-state index >= 15 is 4.79 Å². The summed E-state index contributed by atoms with van der Waals surface area (Å²) >= 11 is 0. The van der Waals surface area contributed by atoms with E-state index in [0.29, 0.717) is 37.0 Å². The van der Waals surface area contributed by atoms with Crippen LogP contribution in [0.1, 0.15) is 180 Å². The maximum Gasteiger partial charge on any atom is 0.163 e. The molecule has 0 radical (unpaired) electrons. The normalized spacial score (nSPS) is 37.5. The highest BCUT2D eigenvalue weighted by molar-refractivity contribution is 6.03. The van der Waals surface area contributed by atoms with E-state index in [-0.39, 0.29) is 57.9 Å². The number of nitrogens with one attached hydrogen (secondary N) is 1. The lowest BCUT2D eigenvalue weighted by Crippen LogP contribution is -2.69. The number of unbranched alkanes of at least 4 members (excludes halogenated alkanes) is 2. The van der Waals surface area contributed by atoms with E-state index in [2.05, 4.69) is 94.7 Å². The van der Waals surface area contributed by atoms with E-state index in [1.807, 2.05) is 13.8 Å². The van der Waals surface area contributed by atoms with Crippen LogP contribution in [-0.2, 0) is 32.0 Å². The molecule has 6 fully saturated rings. The van der Waals surface area contributed by atoms with Gasteiger partial charge >= 0.3 is 0 Å². The number of rotatable bonds is 14. The number of allylic oxidation sites excluding steroid dienone is 1. The van der Waals surface area contributed by atoms with Crippen LogP contribution < -0.4 is 0 Å². The summed E-state index contributed by atoms with van der Waals surface area (Å²) in [5.74, 6) is 0.981. The van der Waals surface area contributed by atoms with Crippen molar-refractivity contribution in [3.63, 3.8) is 0 Å². The molecule has 0 amide bonds. The zero-order valence-electron chi connectivity index (χ0n) is 42.6. The number of aromatic nitrogens is 2. The van der Waals surface area contributed by atoms with Gasteiger partial charge in [-0.15, -0.1) is 0 Å². The summed E-state index contributed by atoms with van der Waals surface area (Å²) in [5, 5.41) is 25.6. The first kappa shape index (κ1) is 47.6. The summed E-state index contributed by atoms with van der Waals surface area (Å²) in [5.41, 5.74) is 7.62. The van der Waals surface area contributed by atoms with Crippen LogP contribution in [-0.4, -0.2) is 68.5 Å². The number of aromatic amines is 1. The lowest BCUT2D eigenvalue weighted by atomic mass is 9.33. The molecule has 5 aliphatic carbocycles. The second-order valence-electron chi connectivity index (χ2n) is 24.9. The second-order valence-corrected chi connectivity index (χ2v) is 24.9. The number of carbonyl (C=O) groups is 2. The van der Waals surface area contributed by atoms with Crippen molar-refractivity contribution in [1.82, 2.24) is 9.55 Å². The van der Waals surface area contributed by atoms with Gasteiger partial charge in [0.25, 0.3) is 0 Å². The minimum Gasteiger partial charge on any atom is -0.392 e. The van der Waals surface area contributed by atoms with Gasteiger partial charge in [0.2, 0.25) is 0 Å². The number of H-pyrrole nitrogens is 1. The Hall–Kier alpha value is -3.04. The Kier molecular flexibility index (Phi) is 12.3. The number of benzene rings is 1. The molecule has 4 saturated carbocycles. The van der Waals surface area contributed by atoms with Crippen molar-refractivity contribution in [1.29, 1.82) is 0 Å². The number of epoxide rings is 1. The van der Waals surface area contributed by atoms with Gasteiger partial charge < -0.3 is 29.2 Å². The summed E-state index contributed by atoms with van der Waals surface area (Å²) < 4.78 is 14.1. The fourth-order valence-corrected chi connectivity index (χ4v) is 17.5. The molecule has 0 spiro atoms. The molecule has 366 valence electrons. The standard InChI is InChI=1S/C59H84N2O6/c1-10-11-12-17-43-52(65)48(36(3)30-45(62)54-55(4,5)67-54)49-42(34-61-33-40(50-44(61)20-25-60-50)32-37-28-35(2)29-39(31-37)38-21-26-66-27-22-38)51(64)53-56(6)23-19-47(63)58(8,41-15-13-14-16-41)46(56)18-24-57(53,7)59(43,49)9/h20,25,28-29,31,33,36,38,41-43,45-46,51,53-54,60,62,64H,10-19,21-24,26-27,30,32,34H2,1-9H3/t36-,42-,43+,45-,46-,51-,53-,54-,56-,57+,58+,59+/m1/s1. The van der Waals surface area contributed by atoms with Gasteiger partial charge in [-0.25, -0.2) is 0 Å². The molecule has 4 heterocycles. The van der Waals surface area contributed by atoms with Crippen LogP contribution in [0, 0.1) is 64.1 Å². The molecule has 0 bridgehead atoms. The number of Topliss-reactive ketones (excluding diaryl/α,β-unsaturated/α-hetero) is 2. The van der Waals surface area contributed by atoms with Gasteiger partial charge in [-0.05, 0) is 153 Å². The van der Waals surface area contributed by atoms with E-state index in [1.165, 1.54) is 40.7 Å². The lowest BCUT2D eigenvalue weighted by molar-refractivity contribution is -0.233. The zero-order valence-corrected chi connectivity index (χ0v) is 42.6. The Balaban J connectivity index is 1.10. The molecule has 2 aliphatic heterocycles. The van der Waals surface area contributed by atoms with Gasteiger partial charge in [-0.1, -0.05) is 97.4 Å². The van der Waals surface area contributed by atoms with Gasteiger partial charge in [0.15, 0.2) is 5.78 Å². The summed E-state index contributed by atoms with van der Waals surface area (Å²) in [6.07, 6.45) is 17.9. The largest absolute Gasteiger partial charge is 0.392 e. The van der Waals surface area contributed by atoms with Gasteiger partial charge in [-0.2, -0.15) is 0 Å². The van der Waals surface area contributed by atoms with E-state index in [0.717, 1.165) is 107 Å². The lowest BCUT2D eigenvalue weighted by Gasteiger charge is -2.71. The van der Waals surface area contributed by atoms with Gasteiger partial charge in [0, 0.05) is 67.7 Å². The first-order valence-corrected chi connectivity index (χ1v) is 27.1. The van der Waals surface area contributed by atoms with Crippen LogP contribution in [0.15, 0.2) is 47.8 Å². The second kappa shape index (κ2) is 17.4. The number of ether oxygens (including phenoxy) is 2. The summed E-state index contributed by atoms with van der Waals surface area (Å²) in [4.78, 5) is 34.0. The maximum absolute atomic E-state index is 15.8. The zero-order chi connectivity index (χ0) is 47.4. The Bertz CT molecular complexity index is 2390. The molecule has 3 N–H and O–H groups in total. The first-order chi connectivity index (χ1) is 31.9. The van der Waals surface area contributed by atoms with Crippen LogP contribution in [0.5, 0.6) is 0 Å². The number of hydrogen-bond donors (Lipinski definition) is 3. The van der Waals surface area contributed by atoms with Crippen molar-refractivity contribution in [3.05, 3.63) is 70.1 Å². The fourth-order valence-electron chi connectivity index (χ4n) is 17.5. The first-order valence-electron chi connectivity index (χ1n) is 27.1. The minimum absolute atomic E-state index is 0.0960. The highest BCUT2D eigenvalue weighted by Crippen LogP contribution is 2.77. The predicted molar refractivity (Wildman–Crippen MR) is 266 cm³/mol. The highest BCUT2D eigenvalue weighted by atomic mass is 16.6. The smallest absolute Gasteiger partial charge is 0.163 e. The average Bonchev–Trinajstić information content (AvgIpc) is 3.85. The number of aliphatic hydroxyl groups is 2. The van der Waals surface area contributed by atoms with Crippen LogP contribution in [0.4, 0.5) is 0 Å². The van der Waals surface area contributed by atoms with E-state index in [9.17, 15) is 15.0 Å². The molecule has 12 atom stereocenters. The Labute approximate surface area is 401 Å². The average molecular weight is 917 g/mol. The van der Waals surface area contributed by atoms with Crippen LogP contribution >= 0.6 is 0 Å². The van der Waals surface area contributed by atoms with Gasteiger partial charge in [0.1, 0.15) is 11.9 Å². The van der Waals surface area contributed by atoms with Gasteiger partial charge in [-0.3, -0.25) is 9.59 Å². The number of nitrogens with zero attached hydrogens (tertiary/aromatic N) is 1. The van der Waals surface area contributed by atoms with Crippen molar-refractivity contribution in [2.45, 2.75) is 201 Å². The molecule has 2 saturated heterocycles. The molecule has 1 aromatic carbocycles. The molecule has 3 aromatic rings. The third kappa shape index (κ3) is 7.47. The molecule has 67 heavy (non-hydrogen) atoms. The third-order valence-corrected chi connectivity index (χ3v) is 20.9. The van der Waals surface area contributed by atoms with Crippen LogP contribution in [0.25, 0.3) is 11.0 Å². The Morgan fingerprint density at radius 3 is 2.39 bits per heavy atom. The molecular weight excluding hydrogens is 833 g/mol. The topological polar surface area (TPSA) is 117 Å². The van der Waals surface area contributed by atoms with Crippen molar-refractivity contribution in [3.8, 4) is 0 Å². The SMILES string of the molecule is CCCCC[C@H]1C(=O)C([C@H](C)C[C@@H](O)[C@H]2OC2(C)C)=C2[C@@H](Cn3cc(Cc4cc(C)cc(C5CCOCC5)c4)c4[nH]ccc43)[C@@H](O)[C@@H]3[C@]4(C)CCC(=O)[C@@](C)(C5CCCC5)[C@@H]4CC[C@]3(C)[C@]21C. The predicted octanol–water partition coefficient (Wildman–Crippen LogP) is 12.0. The molecule has 10 rings (SSSR count). The number of fused-ring (bicyclic) bond motifs is 6. The van der Waals surface area contributed by atoms with E-state index < -0.39 is 23.0 Å². The monoisotopic (exact) mass is 917 g/mol. The summed E-state index contributed by atoms with van der Waals surface area (Å²) in [7, 11) is 0. The molecule has 2 aromatic heterocycles. The number of aryl methyl sites for hydroxylation is 1. The van der Waals surface area contributed by atoms with Crippen LogP contribution in [0.3, 0.4) is 0 Å². The fraction of sp³-hybridized carbons (Fsp3) is 0.729. The highest BCUT2D eigenvalue weighted by Gasteiger charge is 2.75. The summed E-state index contributed by atoms with van der Waals surface area (Å²) in [6.45, 7) is 22.6. The molecular formula is C59H84N2O6. The molecule has 7 aliphatic rings. The number of hydrogen-bond acceptors (Lipinski definition) is 6. The molecule has 0 unspecified atom stereocenters. The number of aliphatic hydroxyl groups excluding tert-OH is 2. The van der Waals surface area contributed by atoms with Crippen molar-refractivity contribution < 1.29 is 29.3 Å². The molecule has 8 nitrogen and oxygen atoms in total. The number of ketones is 2. The van der Waals surface area contributed by atoms with E-state index in [1.54, 1.807) is 0 Å². The van der Waals surface area contributed by atoms with Crippen molar-refractivity contribution >= 4 is 22.6 Å². The number of carbonyl (C=O) groups excluding carboxylic acids is 2. The Morgan fingerprint density at radius 1 is 0.955 bits per heavy atom. The quantitative estimate of drug-likeness (QED) is 0.110. The Morgan fingerprint density at radius 2 is 1.69 bits per heavy atom. The van der Waals surface area contributed by atoms with Crippen LogP contribution in [0.2, 0.25) is 0 Å². The minimum atomic E-state index is -0.722. The van der Waals surface area contributed by atoms with Crippen molar-refractivity contribution in [2.75, 3.05) is 13.2 Å². The van der Waals surface area contributed by atoms with Crippen molar-refractivity contribution in [2.24, 2.45) is 57.2 Å². The van der Waals surface area contributed by atoms with Gasteiger partial charge in [0.05, 0.1) is 28.8 Å². The third-order valence-electron chi connectivity index (χ3n) is 20.9. The van der Waals surface area contributed by atoms with E-state index in [4.69, 9.17) is 9.47 Å².